The van der Waals surface area contributed by atoms with Crippen molar-refractivity contribution in [2.75, 3.05) is 31.2 Å². The molecule has 2 amide bonds. The van der Waals surface area contributed by atoms with Gasteiger partial charge in [-0.25, -0.2) is 0 Å². The van der Waals surface area contributed by atoms with Crippen LogP contribution in [0.4, 0.5) is 5.69 Å². The van der Waals surface area contributed by atoms with E-state index in [4.69, 9.17) is 9.47 Å². The minimum absolute atomic E-state index is 0.0261. The fraction of sp³-hybridized carbons (Fsp3) is 0.524. The van der Waals surface area contributed by atoms with Crippen LogP contribution < -0.4 is 19.7 Å². The molecule has 6 nitrogen and oxygen atoms in total. The smallest absolute Gasteiger partial charge is 0.227 e. The SMILES string of the molecule is O=C(NCCC1=CCCCC1)C1CC(=O)N(c2ccc3c(c2)OCCO3)C1. The normalized spacial score (nSPS) is 21.8. The third-order valence-corrected chi connectivity index (χ3v) is 5.46. The van der Waals surface area contributed by atoms with Crippen LogP contribution in [0.25, 0.3) is 0 Å². The molecule has 0 aromatic heterocycles. The Hall–Kier alpha value is -2.50. The van der Waals surface area contributed by atoms with E-state index in [1.165, 1.54) is 18.4 Å². The molecule has 1 unspecified atom stereocenters. The lowest BCUT2D eigenvalue weighted by Crippen LogP contribution is -2.33. The lowest BCUT2D eigenvalue weighted by Gasteiger charge is -2.22. The van der Waals surface area contributed by atoms with Crippen LogP contribution in [-0.2, 0) is 9.59 Å². The highest BCUT2D eigenvalue weighted by molar-refractivity contribution is 6.00. The van der Waals surface area contributed by atoms with Crippen LogP contribution >= 0.6 is 0 Å². The van der Waals surface area contributed by atoms with Crippen molar-refractivity contribution in [3.8, 4) is 11.5 Å². The molecular formula is C21H26N2O4. The molecule has 1 aromatic rings. The number of benzene rings is 1. The van der Waals surface area contributed by atoms with Crippen LogP contribution in [0.1, 0.15) is 38.5 Å². The van der Waals surface area contributed by atoms with E-state index >= 15 is 0 Å². The molecule has 6 heteroatoms. The molecule has 0 bridgehead atoms. The van der Waals surface area contributed by atoms with Crippen LogP contribution in [0.5, 0.6) is 11.5 Å². The van der Waals surface area contributed by atoms with Crippen molar-refractivity contribution in [2.45, 2.75) is 38.5 Å². The average molecular weight is 370 g/mol. The van der Waals surface area contributed by atoms with Crippen molar-refractivity contribution in [3.63, 3.8) is 0 Å². The summed E-state index contributed by atoms with van der Waals surface area (Å²) in [6.45, 7) is 2.10. The number of carbonyl (C=O) groups is 2. The molecule has 4 rings (SSSR count). The maximum absolute atomic E-state index is 12.5. The molecule has 27 heavy (non-hydrogen) atoms. The quantitative estimate of drug-likeness (QED) is 0.810. The number of hydrogen-bond donors (Lipinski definition) is 1. The van der Waals surface area contributed by atoms with Crippen molar-refractivity contribution >= 4 is 17.5 Å². The van der Waals surface area contributed by atoms with Gasteiger partial charge in [0.05, 0.1) is 5.92 Å². The van der Waals surface area contributed by atoms with Crippen LogP contribution in [0.2, 0.25) is 0 Å². The van der Waals surface area contributed by atoms with Crippen LogP contribution in [-0.4, -0.2) is 38.1 Å². The van der Waals surface area contributed by atoms with Gasteiger partial charge in [-0.15, -0.1) is 0 Å². The number of ether oxygens (including phenoxy) is 2. The van der Waals surface area contributed by atoms with Gasteiger partial charge in [-0.05, 0) is 44.2 Å². The van der Waals surface area contributed by atoms with E-state index in [0.717, 1.165) is 24.9 Å². The maximum atomic E-state index is 12.5. The Morgan fingerprint density at radius 2 is 2.04 bits per heavy atom. The minimum Gasteiger partial charge on any atom is -0.486 e. The summed E-state index contributed by atoms with van der Waals surface area (Å²) < 4.78 is 11.1. The number of hydrogen-bond acceptors (Lipinski definition) is 4. The van der Waals surface area contributed by atoms with Crippen molar-refractivity contribution in [2.24, 2.45) is 5.92 Å². The first-order chi connectivity index (χ1) is 13.2. The summed E-state index contributed by atoms with van der Waals surface area (Å²) in [6, 6.07) is 5.49. The molecule has 1 aromatic carbocycles. The van der Waals surface area contributed by atoms with E-state index in [1.54, 1.807) is 4.90 Å². The van der Waals surface area contributed by atoms with E-state index < -0.39 is 0 Å². The first-order valence-electron chi connectivity index (χ1n) is 9.86. The fourth-order valence-corrected chi connectivity index (χ4v) is 3.95. The molecule has 1 fully saturated rings. The number of amides is 2. The van der Waals surface area contributed by atoms with Gasteiger partial charge in [0.25, 0.3) is 0 Å². The van der Waals surface area contributed by atoms with Crippen molar-refractivity contribution in [3.05, 3.63) is 29.8 Å². The summed E-state index contributed by atoms with van der Waals surface area (Å²) in [5, 5.41) is 3.01. The second kappa shape index (κ2) is 8.03. The zero-order valence-corrected chi connectivity index (χ0v) is 15.5. The number of nitrogens with zero attached hydrogens (tertiary/aromatic N) is 1. The highest BCUT2D eigenvalue weighted by Gasteiger charge is 2.35. The second-order valence-corrected chi connectivity index (χ2v) is 7.38. The third-order valence-electron chi connectivity index (χ3n) is 5.46. The maximum Gasteiger partial charge on any atom is 0.227 e. The Morgan fingerprint density at radius 3 is 2.85 bits per heavy atom. The zero-order valence-electron chi connectivity index (χ0n) is 15.5. The molecule has 1 saturated heterocycles. The molecule has 1 aliphatic carbocycles. The van der Waals surface area contributed by atoms with Crippen LogP contribution in [0.15, 0.2) is 29.8 Å². The molecule has 144 valence electrons. The summed E-state index contributed by atoms with van der Waals surface area (Å²) in [5.41, 5.74) is 2.20. The van der Waals surface area contributed by atoms with Crippen molar-refractivity contribution < 1.29 is 19.1 Å². The van der Waals surface area contributed by atoms with E-state index in [9.17, 15) is 9.59 Å². The number of rotatable bonds is 5. The summed E-state index contributed by atoms with van der Waals surface area (Å²) in [7, 11) is 0. The van der Waals surface area contributed by atoms with Gasteiger partial charge < -0.3 is 19.7 Å². The van der Waals surface area contributed by atoms with Crippen molar-refractivity contribution in [1.82, 2.24) is 5.32 Å². The monoisotopic (exact) mass is 370 g/mol. The van der Waals surface area contributed by atoms with Crippen LogP contribution in [0.3, 0.4) is 0 Å². The number of carbonyl (C=O) groups excluding carboxylic acids is 2. The Morgan fingerprint density at radius 1 is 1.19 bits per heavy atom. The Bertz CT molecular complexity index is 759. The molecule has 0 spiro atoms. The van der Waals surface area contributed by atoms with Gasteiger partial charge >= 0.3 is 0 Å². The standard InChI is InChI=1S/C21H26N2O4/c24-20-12-16(21(25)22-9-8-15-4-2-1-3-5-15)14-23(20)17-6-7-18-19(13-17)27-11-10-26-18/h4,6-7,13,16H,1-3,5,8-12,14H2,(H,22,25). The third kappa shape index (κ3) is 4.10. The fourth-order valence-electron chi connectivity index (χ4n) is 3.95. The van der Waals surface area contributed by atoms with E-state index in [0.29, 0.717) is 37.8 Å². The molecule has 0 saturated carbocycles. The second-order valence-electron chi connectivity index (χ2n) is 7.38. The number of fused-ring (bicyclic) bond motifs is 1. The van der Waals surface area contributed by atoms with Crippen molar-refractivity contribution in [1.29, 1.82) is 0 Å². The number of anilines is 1. The predicted molar refractivity (Wildman–Crippen MR) is 102 cm³/mol. The molecule has 1 atom stereocenters. The molecule has 2 aliphatic heterocycles. The molecule has 0 radical (unpaired) electrons. The van der Waals surface area contributed by atoms with Gasteiger partial charge in [0, 0.05) is 31.3 Å². The Kier molecular flexibility index (Phi) is 5.32. The zero-order chi connectivity index (χ0) is 18.6. The highest BCUT2D eigenvalue weighted by Crippen LogP contribution is 2.36. The molecule has 3 aliphatic rings. The Labute approximate surface area is 159 Å². The summed E-state index contributed by atoms with van der Waals surface area (Å²) in [5.74, 6) is 0.996. The average Bonchev–Trinajstić information content (AvgIpc) is 3.10. The highest BCUT2D eigenvalue weighted by atomic mass is 16.6. The Balaban J connectivity index is 1.33. The lowest BCUT2D eigenvalue weighted by atomic mass is 9.97. The first kappa shape index (κ1) is 17.9. The van der Waals surface area contributed by atoms with E-state index in [-0.39, 0.29) is 24.2 Å². The predicted octanol–water partition coefficient (Wildman–Crippen LogP) is 2.82. The topological polar surface area (TPSA) is 67.9 Å². The number of nitrogens with one attached hydrogen (secondary N) is 1. The molecular weight excluding hydrogens is 344 g/mol. The minimum atomic E-state index is -0.300. The van der Waals surface area contributed by atoms with Gasteiger partial charge in [-0.2, -0.15) is 0 Å². The number of allylic oxidation sites excluding steroid dienone is 1. The molecule has 2 heterocycles. The van der Waals surface area contributed by atoms with Gasteiger partial charge in [0.15, 0.2) is 11.5 Å². The van der Waals surface area contributed by atoms with Gasteiger partial charge in [-0.3, -0.25) is 9.59 Å². The van der Waals surface area contributed by atoms with Gasteiger partial charge in [-0.1, -0.05) is 11.6 Å². The summed E-state index contributed by atoms with van der Waals surface area (Å²) in [4.78, 5) is 26.6. The largest absolute Gasteiger partial charge is 0.486 e. The molecule has 1 N–H and O–H groups in total. The van der Waals surface area contributed by atoms with E-state index in [1.807, 2.05) is 18.2 Å². The van der Waals surface area contributed by atoms with Gasteiger partial charge in [0.2, 0.25) is 11.8 Å². The lowest BCUT2D eigenvalue weighted by molar-refractivity contribution is -0.126. The summed E-state index contributed by atoms with van der Waals surface area (Å²) >= 11 is 0. The van der Waals surface area contributed by atoms with Gasteiger partial charge in [0.1, 0.15) is 13.2 Å². The van der Waals surface area contributed by atoms with E-state index in [2.05, 4.69) is 11.4 Å². The first-order valence-corrected chi connectivity index (χ1v) is 9.86. The summed E-state index contributed by atoms with van der Waals surface area (Å²) in [6.07, 6.45) is 8.30. The van der Waals surface area contributed by atoms with Crippen LogP contribution in [0, 0.1) is 5.92 Å².